The van der Waals surface area contributed by atoms with E-state index in [0.717, 1.165) is 30.9 Å². The Balaban J connectivity index is 1.67. The SMILES string of the molecule is CO[C@@H]1[C@H](O)[C@@H](Oc2cccc(C(F)(F)F)n2)[C@@H](c2ccc3c(c2)CCC3)O[C@@H]1C. The number of rotatable bonds is 4. The van der Waals surface area contributed by atoms with Crippen LogP contribution in [-0.4, -0.2) is 41.6 Å². The third kappa shape index (κ3) is 4.04. The minimum atomic E-state index is -4.59. The van der Waals surface area contributed by atoms with Gasteiger partial charge in [0.15, 0.2) is 6.10 Å². The Morgan fingerprint density at radius 1 is 1.10 bits per heavy atom. The van der Waals surface area contributed by atoms with Gasteiger partial charge in [0.25, 0.3) is 0 Å². The van der Waals surface area contributed by atoms with Crippen molar-refractivity contribution in [3.05, 3.63) is 58.8 Å². The van der Waals surface area contributed by atoms with Crippen LogP contribution in [0.1, 0.15) is 41.8 Å². The van der Waals surface area contributed by atoms with Crippen LogP contribution >= 0.6 is 0 Å². The maximum atomic E-state index is 13.0. The molecule has 1 aliphatic heterocycles. The Bertz CT molecular complexity index is 904. The smallest absolute Gasteiger partial charge is 0.433 e. The van der Waals surface area contributed by atoms with Gasteiger partial charge < -0.3 is 19.3 Å². The van der Waals surface area contributed by atoms with E-state index in [1.807, 2.05) is 18.2 Å². The molecule has 0 unspecified atom stereocenters. The second-order valence-electron chi connectivity index (χ2n) is 7.78. The number of alkyl halides is 3. The lowest BCUT2D eigenvalue weighted by atomic mass is 9.90. The van der Waals surface area contributed by atoms with Crippen molar-refractivity contribution in [2.75, 3.05) is 7.11 Å². The lowest BCUT2D eigenvalue weighted by Gasteiger charge is -2.43. The van der Waals surface area contributed by atoms with Crippen molar-refractivity contribution >= 4 is 0 Å². The molecule has 4 rings (SSSR count). The zero-order valence-electron chi connectivity index (χ0n) is 16.7. The summed E-state index contributed by atoms with van der Waals surface area (Å²) in [6.45, 7) is 1.79. The average molecular weight is 423 g/mol. The lowest BCUT2D eigenvalue weighted by molar-refractivity contribution is -0.220. The van der Waals surface area contributed by atoms with Crippen LogP contribution < -0.4 is 4.74 Å². The normalized spacial score (nSPS) is 28.9. The number of hydrogen-bond donors (Lipinski definition) is 1. The van der Waals surface area contributed by atoms with E-state index in [-0.39, 0.29) is 5.88 Å². The molecule has 0 saturated carbocycles. The maximum Gasteiger partial charge on any atom is 0.433 e. The number of methoxy groups -OCH3 is 1. The number of aliphatic hydroxyl groups excluding tert-OH is 1. The standard InChI is InChI=1S/C22H24F3NO4/c1-12-19(28-2)18(27)21(30-17-8-4-7-16(26-17)22(23,24)25)20(29-12)15-10-9-13-5-3-6-14(13)11-15/h4,7-12,18-21,27H,3,5-6H2,1-2H3/t12-,18+,19+,20-,21-/m1/s1. The van der Waals surface area contributed by atoms with Crippen LogP contribution in [0.2, 0.25) is 0 Å². The predicted octanol–water partition coefficient (Wildman–Crippen LogP) is 3.87. The highest BCUT2D eigenvalue weighted by Crippen LogP contribution is 2.38. The number of fused-ring (bicyclic) bond motifs is 1. The Kier molecular flexibility index (Phi) is 5.74. The summed E-state index contributed by atoms with van der Waals surface area (Å²) >= 11 is 0. The van der Waals surface area contributed by atoms with Crippen molar-refractivity contribution in [2.45, 2.75) is 62.9 Å². The van der Waals surface area contributed by atoms with Gasteiger partial charge in [-0.1, -0.05) is 24.3 Å². The van der Waals surface area contributed by atoms with Gasteiger partial charge in [-0.3, -0.25) is 0 Å². The van der Waals surface area contributed by atoms with Crippen LogP contribution in [0.4, 0.5) is 13.2 Å². The molecule has 1 saturated heterocycles. The molecule has 30 heavy (non-hydrogen) atoms. The number of halogens is 3. The summed E-state index contributed by atoms with van der Waals surface area (Å²) in [4.78, 5) is 3.57. The van der Waals surface area contributed by atoms with E-state index >= 15 is 0 Å². The minimum absolute atomic E-state index is 0.229. The number of pyridine rings is 1. The van der Waals surface area contributed by atoms with Crippen LogP contribution in [-0.2, 0) is 28.5 Å². The molecule has 8 heteroatoms. The van der Waals surface area contributed by atoms with Crippen molar-refractivity contribution in [1.82, 2.24) is 4.98 Å². The summed E-state index contributed by atoms with van der Waals surface area (Å²) in [5.41, 5.74) is 2.27. The molecule has 5 nitrogen and oxygen atoms in total. The van der Waals surface area contributed by atoms with Crippen molar-refractivity contribution in [2.24, 2.45) is 0 Å². The van der Waals surface area contributed by atoms with Crippen LogP contribution in [0.3, 0.4) is 0 Å². The number of nitrogens with zero attached hydrogens (tertiary/aromatic N) is 1. The predicted molar refractivity (Wildman–Crippen MR) is 102 cm³/mol. The van der Waals surface area contributed by atoms with Gasteiger partial charge in [0, 0.05) is 13.2 Å². The number of hydrogen-bond acceptors (Lipinski definition) is 5. The van der Waals surface area contributed by atoms with E-state index in [2.05, 4.69) is 4.98 Å². The van der Waals surface area contributed by atoms with Crippen molar-refractivity contribution in [3.8, 4) is 5.88 Å². The highest BCUT2D eigenvalue weighted by atomic mass is 19.4. The first-order valence-corrected chi connectivity index (χ1v) is 9.97. The highest BCUT2D eigenvalue weighted by molar-refractivity contribution is 5.37. The van der Waals surface area contributed by atoms with Gasteiger partial charge in [0.05, 0.1) is 6.10 Å². The Hall–Kier alpha value is -2.16. The molecule has 0 radical (unpaired) electrons. The lowest BCUT2D eigenvalue weighted by Crippen LogP contribution is -2.56. The van der Waals surface area contributed by atoms with E-state index in [0.29, 0.717) is 0 Å². The zero-order chi connectivity index (χ0) is 21.5. The van der Waals surface area contributed by atoms with Crippen LogP contribution in [0.25, 0.3) is 0 Å². The van der Waals surface area contributed by atoms with E-state index in [1.165, 1.54) is 30.4 Å². The quantitative estimate of drug-likeness (QED) is 0.809. The fraction of sp³-hybridized carbons (Fsp3) is 0.500. The molecule has 1 N–H and O–H groups in total. The summed E-state index contributed by atoms with van der Waals surface area (Å²) < 4.78 is 56.4. The summed E-state index contributed by atoms with van der Waals surface area (Å²) in [6.07, 6.45) is -5.41. The van der Waals surface area contributed by atoms with Crippen molar-refractivity contribution < 1.29 is 32.5 Å². The largest absolute Gasteiger partial charge is 0.468 e. The Labute approximate surface area is 172 Å². The fourth-order valence-corrected chi connectivity index (χ4v) is 4.31. The van der Waals surface area contributed by atoms with E-state index in [9.17, 15) is 18.3 Å². The number of aromatic nitrogens is 1. The molecular formula is C22H24F3NO4. The molecule has 1 fully saturated rings. The van der Waals surface area contributed by atoms with Gasteiger partial charge in [0.1, 0.15) is 24.0 Å². The van der Waals surface area contributed by atoms with Crippen LogP contribution in [0.15, 0.2) is 36.4 Å². The van der Waals surface area contributed by atoms with Crippen molar-refractivity contribution in [1.29, 1.82) is 0 Å². The maximum absolute atomic E-state index is 13.0. The molecule has 0 spiro atoms. The van der Waals surface area contributed by atoms with Crippen LogP contribution in [0, 0.1) is 0 Å². The van der Waals surface area contributed by atoms with Gasteiger partial charge in [-0.05, 0) is 48.9 Å². The molecule has 1 aromatic carbocycles. The first-order chi connectivity index (χ1) is 14.3. The molecule has 1 aromatic heterocycles. The average Bonchev–Trinajstić information content (AvgIpc) is 3.17. The van der Waals surface area contributed by atoms with Crippen molar-refractivity contribution in [3.63, 3.8) is 0 Å². The molecule has 2 aliphatic rings. The summed E-state index contributed by atoms with van der Waals surface area (Å²) in [7, 11) is 1.45. The molecule has 2 aromatic rings. The molecule has 0 bridgehead atoms. The molecule has 5 atom stereocenters. The van der Waals surface area contributed by atoms with Gasteiger partial charge in [-0.25, -0.2) is 4.98 Å². The first-order valence-electron chi connectivity index (χ1n) is 9.97. The third-order valence-electron chi connectivity index (χ3n) is 5.79. The number of aliphatic hydroxyl groups is 1. The summed E-state index contributed by atoms with van der Waals surface area (Å²) in [5.74, 6) is -0.229. The second-order valence-corrected chi connectivity index (χ2v) is 7.78. The van der Waals surface area contributed by atoms with Gasteiger partial charge in [0.2, 0.25) is 5.88 Å². The van der Waals surface area contributed by atoms with Crippen LogP contribution in [0.5, 0.6) is 5.88 Å². The number of aryl methyl sites for hydroxylation is 2. The van der Waals surface area contributed by atoms with E-state index in [4.69, 9.17) is 14.2 Å². The fourth-order valence-electron chi connectivity index (χ4n) is 4.31. The molecule has 1 aliphatic carbocycles. The minimum Gasteiger partial charge on any atom is -0.468 e. The summed E-state index contributed by atoms with van der Waals surface area (Å²) in [6, 6.07) is 9.44. The highest BCUT2D eigenvalue weighted by Gasteiger charge is 2.46. The zero-order valence-corrected chi connectivity index (χ0v) is 16.7. The number of benzene rings is 1. The Morgan fingerprint density at radius 2 is 1.87 bits per heavy atom. The molecular weight excluding hydrogens is 399 g/mol. The van der Waals surface area contributed by atoms with Gasteiger partial charge >= 0.3 is 6.18 Å². The topological polar surface area (TPSA) is 60.8 Å². The van der Waals surface area contributed by atoms with Gasteiger partial charge in [-0.15, -0.1) is 0 Å². The summed E-state index contributed by atoms with van der Waals surface area (Å²) in [5, 5.41) is 10.9. The Morgan fingerprint density at radius 3 is 2.60 bits per heavy atom. The molecule has 0 amide bonds. The second kappa shape index (κ2) is 8.17. The van der Waals surface area contributed by atoms with Gasteiger partial charge in [-0.2, -0.15) is 13.2 Å². The monoisotopic (exact) mass is 423 g/mol. The van der Waals surface area contributed by atoms with E-state index < -0.39 is 42.4 Å². The number of ether oxygens (including phenoxy) is 3. The van der Waals surface area contributed by atoms with E-state index in [1.54, 1.807) is 6.92 Å². The molecule has 2 heterocycles. The third-order valence-corrected chi connectivity index (χ3v) is 5.79. The molecule has 162 valence electrons. The first kappa shape index (κ1) is 21.1.